The number of thiazole rings is 1. The maximum absolute atomic E-state index is 9.53. The topological polar surface area (TPSA) is 68.2 Å². The van der Waals surface area contributed by atoms with Gasteiger partial charge in [-0.15, -0.1) is 0 Å². The first kappa shape index (κ1) is 14.8. The van der Waals surface area contributed by atoms with E-state index in [1.54, 1.807) is 16.5 Å². The van der Waals surface area contributed by atoms with E-state index in [1.165, 1.54) is 11.3 Å². The largest absolute Gasteiger partial charge is 0.355 e. The third-order valence-corrected chi connectivity index (χ3v) is 5.76. The van der Waals surface area contributed by atoms with Gasteiger partial charge in [-0.1, -0.05) is 34.5 Å². The molecule has 1 N–H and O–H groups in total. The quantitative estimate of drug-likeness (QED) is 0.714. The average molecular weight is 364 g/mol. The van der Waals surface area contributed by atoms with Gasteiger partial charge in [0, 0.05) is 13.1 Å². The van der Waals surface area contributed by atoms with Crippen LogP contribution in [-0.4, -0.2) is 22.5 Å². The zero-order valence-electron chi connectivity index (χ0n) is 11.9. The van der Waals surface area contributed by atoms with Crippen molar-refractivity contribution in [2.45, 2.75) is 12.8 Å². The molecular formula is C15H11Cl2N5S. The standard InChI is InChI=1S/C15H11Cl2N5S/c16-9-5-11-12(6-10(9)17)23-15-20-14(21-3-1-2-4-21)8(7-18)13(19)22(11)15/h5-6,19H,1-4H2. The van der Waals surface area contributed by atoms with Gasteiger partial charge >= 0.3 is 0 Å². The molecule has 3 heterocycles. The van der Waals surface area contributed by atoms with Crippen molar-refractivity contribution in [3.63, 3.8) is 0 Å². The van der Waals surface area contributed by atoms with E-state index in [1.807, 2.05) is 0 Å². The minimum atomic E-state index is 0.143. The Balaban J connectivity index is 2.10. The van der Waals surface area contributed by atoms with Gasteiger partial charge in [-0.05, 0) is 25.0 Å². The SMILES string of the molecule is N#Cc1c(N2CCCC2)nc2sc3cc(Cl)c(Cl)cc3n2c1=N. The van der Waals surface area contributed by atoms with Crippen LogP contribution in [0.15, 0.2) is 12.1 Å². The summed E-state index contributed by atoms with van der Waals surface area (Å²) >= 11 is 13.6. The molecule has 0 spiro atoms. The first-order valence-electron chi connectivity index (χ1n) is 7.14. The maximum Gasteiger partial charge on any atom is 0.198 e. The highest BCUT2D eigenvalue weighted by Gasteiger charge is 2.21. The second-order valence-electron chi connectivity index (χ2n) is 5.42. The van der Waals surface area contributed by atoms with Crippen LogP contribution >= 0.6 is 34.5 Å². The molecule has 0 unspecified atom stereocenters. The number of benzene rings is 1. The Morgan fingerprint density at radius 1 is 1.22 bits per heavy atom. The zero-order valence-corrected chi connectivity index (χ0v) is 14.3. The van der Waals surface area contributed by atoms with Crippen molar-refractivity contribution in [1.82, 2.24) is 9.38 Å². The Kier molecular flexibility index (Phi) is 3.45. The first-order valence-corrected chi connectivity index (χ1v) is 8.71. The predicted octanol–water partition coefficient (Wildman–Crippen LogP) is 3.81. The van der Waals surface area contributed by atoms with Gasteiger partial charge in [0.15, 0.2) is 16.3 Å². The molecule has 1 aliphatic rings. The lowest BCUT2D eigenvalue weighted by Crippen LogP contribution is -2.26. The summed E-state index contributed by atoms with van der Waals surface area (Å²) in [6, 6.07) is 5.65. The molecule has 5 nitrogen and oxygen atoms in total. The highest BCUT2D eigenvalue weighted by Crippen LogP contribution is 2.33. The maximum atomic E-state index is 9.53. The fourth-order valence-electron chi connectivity index (χ4n) is 2.94. The van der Waals surface area contributed by atoms with Crippen LogP contribution in [-0.2, 0) is 0 Å². The summed E-state index contributed by atoms with van der Waals surface area (Å²) in [6.07, 6.45) is 2.17. The van der Waals surface area contributed by atoms with Crippen LogP contribution in [0.25, 0.3) is 15.2 Å². The predicted molar refractivity (Wildman–Crippen MR) is 92.6 cm³/mol. The molecule has 116 valence electrons. The summed E-state index contributed by atoms with van der Waals surface area (Å²) in [6.45, 7) is 1.75. The highest BCUT2D eigenvalue weighted by molar-refractivity contribution is 7.23. The number of nitriles is 1. The molecular weight excluding hydrogens is 353 g/mol. The minimum absolute atomic E-state index is 0.143. The monoisotopic (exact) mass is 363 g/mol. The molecule has 0 bridgehead atoms. The van der Waals surface area contributed by atoms with Gasteiger partial charge in [0.1, 0.15) is 11.6 Å². The normalized spacial score (nSPS) is 14.7. The Morgan fingerprint density at radius 3 is 2.61 bits per heavy atom. The van der Waals surface area contributed by atoms with E-state index >= 15 is 0 Å². The van der Waals surface area contributed by atoms with E-state index in [4.69, 9.17) is 28.6 Å². The fraction of sp³-hybridized carbons (Fsp3) is 0.267. The molecule has 4 rings (SSSR count). The van der Waals surface area contributed by atoms with Gasteiger partial charge in [-0.3, -0.25) is 9.81 Å². The summed E-state index contributed by atoms with van der Waals surface area (Å²) < 4.78 is 2.56. The van der Waals surface area contributed by atoms with Crippen LogP contribution in [0.5, 0.6) is 0 Å². The summed E-state index contributed by atoms with van der Waals surface area (Å²) in [5.74, 6) is 0.610. The molecule has 0 aliphatic carbocycles. The van der Waals surface area contributed by atoms with Gasteiger partial charge in [-0.25, -0.2) is 4.98 Å². The molecule has 8 heteroatoms. The van der Waals surface area contributed by atoms with Crippen LogP contribution in [0.4, 0.5) is 5.82 Å². The number of hydrogen-bond acceptors (Lipinski definition) is 5. The molecule has 3 aromatic rings. The van der Waals surface area contributed by atoms with E-state index < -0.39 is 0 Å². The first-order chi connectivity index (χ1) is 11.1. The van der Waals surface area contributed by atoms with Gasteiger partial charge in [0.05, 0.1) is 20.3 Å². The second kappa shape index (κ2) is 5.38. The Labute approximate surface area is 145 Å². The number of halogens is 2. The van der Waals surface area contributed by atoms with E-state index in [-0.39, 0.29) is 5.49 Å². The summed E-state index contributed by atoms with van der Waals surface area (Å²) in [4.78, 5) is 7.42. The van der Waals surface area contributed by atoms with Crippen molar-refractivity contribution in [3.8, 4) is 6.07 Å². The molecule has 1 fully saturated rings. The molecule has 0 amide bonds. The van der Waals surface area contributed by atoms with Crippen LogP contribution in [0.2, 0.25) is 10.0 Å². The Bertz CT molecular complexity index is 1040. The second-order valence-corrected chi connectivity index (χ2v) is 7.24. The number of hydrogen-bond donors (Lipinski definition) is 1. The molecule has 1 aromatic carbocycles. The number of fused-ring (bicyclic) bond motifs is 3. The lowest BCUT2D eigenvalue weighted by Gasteiger charge is -2.17. The van der Waals surface area contributed by atoms with Gasteiger partial charge in [0.25, 0.3) is 0 Å². The number of rotatable bonds is 1. The van der Waals surface area contributed by atoms with Gasteiger partial charge < -0.3 is 4.90 Å². The minimum Gasteiger partial charge on any atom is -0.355 e. The lowest BCUT2D eigenvalue weighted by molar-refractivity contribution is 0.909. The van der Waals surface area contributed by atoms with Gasteiger partial charge in [0.2, 0.25) is 0 Å². The lowest BCUT2D eigenvalue weighted by atomic mass is 10.3. The molecule has 1 aliphatic heterocycles. The number of nitrogens with one attached hydrogen (secondary N) is 1. The van der Waals surface area contributed by atoms with Crippen LogP contribution in [0.1, 0.15) is 18.4 Å². The van der Waals surface area contributed by atoms with Crippen molar-refractivity contribution < 1.29 is 0 Å². The fourth-order valence-corrected chi connectivity index (χ4v) is 4.36. The van der Waals surface area contributed by atoms with Gasteiger partial charge in [-0.2, -0.15) is 5.26 Å². The van der Waals surface area contributed by atoms with Crippen molar-refractivity contribution in [1.29, 1.82) is 10.7 Å². The van der Waals surface area contributed by atoms with E-state index in [0.29, 0.717) is 26.4 Å². The third kappa shape index (κ3) is 2.19. The van der Waals surface area contributed by atoms with E-state index in [2.05, 4.69) is 16.0 Å². The zero-order chi connectivity index (χ0) is 16.1. The highest BCUT2D eigenvalue weighted by atomic mass is 35.5. The van der Waals surface area contributed by atoms with Crippen molar-refractivity contribution in [2.75, 3.05) is 18.0 Å². The molecule has 2 aromatic heterocycles. The molecule has 0 saturated carbocycles. The van der Waals surface area contributed by atoms with E-state index in [9.17, 15) is 5.26 Å². The molecule has 1 saturated heterocycles. The smallest absolute Gasteiger partial charge is 0.198 e. The average Bonchev–Trinajstić information content (AvgIpc) is 3.15. The van der Waals surface area contributed by atoms with Crippen molar-refractivity contribution in [2.24, 2.45) is 0 Å². The van der Waals surface area contributed by atoms with Crippen molar-refractivity contribution in [3.05, 3.63) is 33.2 Å². The summed E-state index contributed by atoms with van der Waals surface area (Å²) in [5.41, 5.74) is 1.19. The molecule has 0 radical (unpaired) electrons. The van der Waals surface area contributed by atoms with Crippen LogP contribution in [0, 0.1) is 16.7 Å². The third-order valence-electron chi connectivity index (χ3n) is 4.04. The van der Waals surface area contributed by atoms with E-state index in [0.717, 1.165) is 36.1 Å². The van der Waals surface area contributed by atoms with Crippen LogP contribution < -0.4 is 10.4 Å². The molecule has 23 heavy (non-hydrogen) atoms. The summed E-state index contributed by atoms with van der Waals surface area (Å²) in [7, 11) is 0. The Morgan fingerprint density at radius 2 is 1.91 bits per heavy atom. The Hall–Kier alpha value is -1.81. The number of aromatic nitrogens is 2. The van der Waals surface area contributed by atoms with Crippen LogP contribution in [0.3, 0.4) is 0 Å². The number of nitrogens with zero attached hydrogens (tertiary/aromatic N) is 4. The summed E-state index contributed by atoms with van der Waals surface area (Å²) in [5, 5.41) is 18.9. The van der Waals surface area contributed by atoms with Crippen molar-refractivity contribution >= 4 is 55.5 Å². The molecule has 0 atom stereocenters. The number of anilines is 1.